The number of ketones is 1. The molecule has 28 heavy (non-hydrogen) atoms. The molecule has 1 N–H and O–H groups in total. The smallest absolute Gasteiger partial charge is 0.296 e. The van der Waals surface area contributed by atoms with Gasteiger partial charge in [0.25, 0.3) is 5.91 Å². The standard InChI is InChI=1S/C19H14BrN3O3S2/c1-9-17(28-10(2)22-9)15(24)13-14(11-3-5-12(20)6-4-11)23(18(26)16(13)25)19-21-7-8-27-19/h3-8,14,25H,1-2H3. The first-order valence-electron chi connectivity index (χ1n) is 8.29. The summed E-state index contributed by atoms with van der Waals surface area (Å²) in [5, 5.41) is 13.6. The summed E-state index contributed by atoms with van der Waals surface area (Å²) in [4.78, 5) is 36.6. The van der Waals surface area contributed by atoms with Crippen molar-refractivity contribution in [3.8, 4) is 0 Å². The summed E-state index contributed by atoms with van der Waals surface area (Å²) >= 11 is 5.92. The number of thiazole rings is 2. The van der Waals surface area contributed by atoms with Gasteiger partial charge in [-0.05, 0) is 31.5 Å². The van der Waals surface area contributed by atoms with Gasteiger partial charge in [-0.15, -0.1) is 22.7 Å². The first-order chi connectivity index (χ1) is 13.4. The minimum absolute atomic E-state index is 0.0503. The van der Waals surface area contributed by atoms with Crippen molar-refractivity contribution in [2.24, 2.45) is 0 Å². The van der Waals surface area contributed by atoms with Crippen LogP contribution in [0.1, 0.15) is 32.0 Å². The number of benzene rings is 1. The first-order valence-corrected chi connectivity index (χ1v) is 10.8. The second kappa shape index (κ2) is 7.23. The number of aliphatic hydroxyl groups is 1. The molecular weight excluding hydrogens is 462 g/mol. The highest BCUT2D eigenvalue weighted by Crippen LogP contribution is 2.43. The van der Waals surface area contributed by atoms with E-state index in [1.54, 1.807) is 18.5 Å². The molecule has 4 rings (SSSR count). The predicted molar refractivity (Wildman–Crippen MR) is 112 cm³/mol. The molecule has 1 aliphatic heterocycles. The molecular formula is C19H14BrN3O3S2. The molecule has 0 saturated heterocycles. The number of aliphatic hydroxyl groups excluding tert-OH is 1. The van der Waals surface area contributed by atoms with Crippen LogP contribution >= 0.6 is 38.6 Å². The molecule has 0 aliphatic carbocycles. The summed E-state index contributed by atoms with van der Waals surface area (Å²) < 4.78 is 0.872. The fraction of sp³-hybridized carbons (Fsp3) is 0.158. The molecule has 0 fully saturated rings. The molecule has 1 atom stereocenters. The number of anilines is 1. The van der Waals surface area contributed by atoms with Gasteiger partial charge in [-0.3, -0.25) is 14.5 Å². The zero-order valence-electron chi connectivity index (χ0n) is 14.8. The van der Waals surface area contributed by atoms with E-state index in [1.165, 1.54) is 27.6 Å². The van der Waals surface area contributed by atoms with Crippen molar-refractivity contribution < 1.29 is 14.7 Å². The molecule has 2 aromatic heterocycles. The van der Waals surface area contributed by atoms with E-state index < -0.39 is 17.7 Å². The number of carbonyl (C=O) groups excluding carboxylic acids is 2. The summed E-state index contributed by atoms with van der Waals surface area (Å²) in [7, 11) is 0. The Balaban J connectivity index is 1.89. The number of nitrogens with zero attached hydrogens (tertiary/aromatic N) is 3. The largest absolute Gasteiger partial charge is 0.503 e. The van der Waals surface area contributed by atoms with E-state index in [0.29, 0.717) is 21.3 Å². The normalized spacial score (nSPS) is 16.9. The molecule has 9 heteroatoms. The Hall–Kier alpha value is -2.36. The summed E-state index contributed by atoms with van der Waals surface area (Å²) in [5.41, 5.74) is 1.34. The van der Waals surface area contributed by atoms with Crippen molar-refractivity contribution in [1.82, 2.24) is 9.97 Å². The van der Waals surface area contributed by atoms with Crippen molar-refractivity contribution in [3.05, 3.63) is 72.8 Å². The molecule has 3 heterocycles. The lowest BCUT2D eigenvalue weighted by Crippen LogP contribution is -2.30. The molecule has 1 amide bonds. The van der Waals surface area contributed by atoms with Crippen LogP contribution in [-0.2, 0) is 4.79 Å². The summed E-state index contributed by atoms with van der Waals surface area (Å²) in [6, 6.07) is 6.54. The fourth-order valence-corrected chi connectivity index (χ4v) is 5.00. The highest BCUT2D eigenvalue weighted by atomic mass is 79.9. The zero-order chi connectivity index (χ0) is 20.0. The quantitative estimate of drug-likeness (QED) is 0.549. The topological polar surface area (TPSA) is 83.4 Å². The van der Waals surface area contributed by atoms with Gasteiger partial charge in [0.05, 0.1) is 27.2 Å². The maximum atomic E-state index is 13.4. The summed E-state index contributed by atoms with van der Waals surface area (Å²) in [5.74, 6) is -1.57. The van der Waals surface area contributed by atoms with Gasteiger partial charge >= 0.3 is 0 Å². The van der Waals surface area contributed by atoms with Crippen LogP contribution in [0.2, 0.25) is 0 Å². The Morgan fingerprint density at radius 1 is 1.25 bits per heavy atom. The van der Waals surface area contributed by atoms with E-state index in [9.17, 15) is 14.7 Å². The number of hydrogen-bond acceptors (Lipinski definition) is 7. The number of hydrogen-bond donors (Lipinski definition) is 1. The third kappa shape index (κ3) is 3.09. The van der Waals surface area contributed by atoms with Gasteiger partial charge in [0, 0.05) is 16.0 Å². The lowest BCUT2D eigenvalue weighted by atomic mass is 9.95. The van der Waals surface area contributed by atoms with E-state index in [2.05, 4.69) is 25.9 Å². The van der Waals surface area contributed by atoms with E-state index >= 15 is 0 Å². The summed E-state index contributed by atoms with van der Waals surface area (Å²) in [6.45, 7) is 3.56. The monoisotopic (exact) mass is 475 g/mol. The zero-order valence-corrected chi connectivity index (χ0v) is 18.1. The average Bonchev–Trinajstić information content (AvgIpc) is 3.35. The van der Waals surface area contributed by atoms with Gasteiger partial charge in [-0.25, -0.2) is 9.97 Å². The predicted octanol–water partition coefficient (Wildman–Crippen LogP) is 4.76. The molecule has 0 bridgehead atoms. The van der Waals surface area contributed by atoms with Crippen molar-refractivity contribution in [2.45, 2.75) is 19.9 Å². The van der Waals surface area contributed by atoms with E-state index in [1.807, 2.05) is 31.2 Å². The van der Waals surface area contributed by atoms with Crippen LogP contribution in [0, 0.1) is 13.8 Å². The molecule has 0 spiro atoms. The fourth-order valence-electron chi connectivity index (χ4n) is 3.19. The Morgan fingerprint density at radius 2 is 1.96 bits per heavy atom. The van der Waals surface area contributed by atoms with Crippen LogP contribution in [0.3, 0.4) is 0 Å². The highest BCUT2D eigenvalue weighted by molar-refractivity contribution is 9.10. The average molecular weight is 476 g/mol. The molecule has 0 radical (unpaired) electrons. The minimum atomic E-state index is -0.763. The van der Waals surface area contributed by atoms with E-state index in [-0.39, 0.29) is 11.4 Å². The van der Waals surface area contributed by atoms with Crippen molar-refractivity contribution in [1.29, 1.82) is 0 Å². The maximum absolute atomic E-state index is 13.4. The van der Waals surface area contributed by atoms with Crippen LogP contribution in [0.4, 0.5) is 5.13 Å². The SMILES string of the molecule is Cc1nc(C)c(C(=O)C2=C(O)C(=O)N(c3nccs3)C2c2ccc(Br)cc2)s1. The van der Waals surface area contributed by atoms with Gasteiger partial charge in [-0.2, -0.15) is 0 Å². The number of halogens is 1. The second-order valence-electron chi connectivity index (χ2n) is 6.18. The van der Waals surface area contributed by atoms with Crippen LogP contribution < -0.4 is 4.90 Å². The lowest BCUT2D eigenvalue weighted by molar-refractivity contribution is -0.117. The Bertz CT molecular complexity index is 1100. The molecule has 142 valence electrons. The summed E-state index contributed by atoms with van der Waals surface area (Å²) in [6.07, 6.45) is 1.58. The number of carbonyl (C=O) groups is 2. The van der Waals surface area contributed by atoms with Crippen LogP contribution in [0.5, 0.6) is 0 Å². The van der Waals surface area contributed by atoms with Crippen molar-refractivity contribution in [2.75, 3.05) is 4.90 Å². The van der Waals surface area contributed by atoms with Crippen LogP contribution in [0.15, 0.2) is 51.6 Å². The first kappa shape index (κ1) is 19.0. The van der Waals surface area contributed by atoms with Crippen molar-refractivity contribution in [3.63, 3.8) is 0 Å². The van der Waals surface area contributed by atoms with Gasteiger partial charge in [0.1, 0.15) is 0 Å². The lowest BCUT2D eigenvalue weighted by Gasteiger charge is -2.24. The van der Waals surface area contributed by atoms with Crippen LogP contribution in [-0.4, -0.2) is 26.8 Å². The van der Waals surface area contributed by atoms with E-state index in [4.69, 9.17) is 0 Å². The number of Topliss-reactive ketones (excluding diaryl/α,β-unsaturated/α-hetero) is 1. The van der Waals surface area contributed by atoms with E-state index in [0.717, 1.165) is 9.48 Å². The number of aromatic nitrogens is 2. The Labute approximate surface area is 177 Å². The van der Waals surface area contributed by atoms with Gasteiger partial charge in [0.2, 0.25) is 5.78 Å². The second-order valence-corrected chi connectivity index (χ2v) is 9.17. The molecule has 3 aromatic rings. The Kier molecular flexibility index (Phi) is 4.90. The number of aryl methyl sites for hydroxylation is 2. The van der Waals surface area contributed by atoms with Gasteiger partial charge in [0.15, 0.2) is 10.9 Å². The van der Waals surface area contributed by atoms with Gasteiger partial charge in [-0.1, -0.05) is 28.1 Å². The molecule has 1 aromatic carbocycles. The number of rotatable bonds is 4. The maximum Gasteiger partial charge on any atom is 0.296 e. The van der Waals surface area contributed by atoms with Crippen LogP contribution in [0.25, 0.3) is 0 Å². The minimum Gasteiger partial charge on any atom is -0.503 e. The third-order valence-electron chi connectivity index (χ3n) is 4.37. The third-order valence-corrected chi connectivity index (χ3v) is 6.74. The Morgan fingerprint density at radius 3 is 2.54 bits per heavy atom. The molecule has 0 saturated carbocycles. The van der Waals surface area contributed by atoms with Gasteiger partial charge < -0.3 is 5.11 Å². The molecule has 1 aliphatic rings. The number of amides is 1. The van der Waals surface area contributed by atoms with Crippen molar-refractivity contribution >= 4 is 55.4 Å². The molecule has 6 nitrogen and oxygen atoms in total. The highest BCUT2D eigenvalue weighted by Gasteiger charge is 2.46. The molecule has 1 unspecified atom stereocenters.